The summed E-state index contributed by atoms with van der Waals surface area (Å²) in [6.45, 7) is 6.09. The highest BCUT2D eigenvalue weighted by Crippen LogP contribution is 2.17. The zero-order valence-corrected chi connectivity index (χ0v) is 30.3. The van der Waals surface area contributed by atoms with Gasteiger partial charge >= 0.3 is 0 Å². The van der Waals surface area contributed by atoms with E-state index in [9.17, 15) is 10.2 Å². The average Bonchev–Trinajstić information content (AvgIpc) is 2.92. The third kappa shape index (κ3) is 34.7. The summed E-state index contributed by atoms with van der Waals surface area (Å²) in [5.41, 5.74) is 0. The fourth-order valence-electron chi connectivity index (χ4n) is 6.55. The maximum atomic E-state index is 10.6. The monoisotopic (exact) mass is 618 g/mol. The van der Waals surface area contributed by atoms with Gasteiger partial charge in [0, 0.05) is 0 Å². The van der Waals surface area contributed by atoms with Gasteiger partial charge in [-0.1, -0.05) is 194 Å². The third-order valence-electron chi connectivity index (χ3n) is 9.19. The van der Waals surface area contributed by atoms with Crippen molar-refractivity contribution in [2.75, 3.05) is 27.2 Å². The molecule has 0 saturated carbocycles. The second kappa shape index (κ2) is 34.1. The second-order valence-corrected chi connectivity index (χ2v) is 14.4. The molecule has 3 nitrogen and oxygen atoms in total. The molecule has 0 spiro atoms. The lowest BCUT2D eigenvalue weighted by Gasteiger charge is -2.33. The van der Waals surface area contributed by atoms with Gasteiger partial charge in [0.2, 0.25) is 0 Å². The van der Waals surface area contributed by atoms with Gasteiger partial charge in [0.05, 0.1) is 14.1 Å². The van der Waals surface area contributed by atoms with Gasteiger partial charge in [0.25, 0.3) is 0 Å². The Kier molecular flexibility index (Phi) is 35.9. The van der Waals surface area contributed by atoms with Gasteiger partial charge in [-0.3, -0.25) is 0 Å². The van der Waals surface area contributed by atoms with Crippen LogP contribution in [0.4, 0.5) is 0 Å². The molecule has 2 unspecified atom stereocenters. The van der Waals surface area contributed by atoms with Crippen molar-refractivity contribution in [1.82, 2.24) is 0 Å². The van der Waals surface area contributed by atoms with E-state index in [0.717, 1.165) is 43.3 Å². The summed E-state index contributed by atoms with van der Waals surface area (Å²) in [5.74, 6) is 0. The minimum Gasteiger partial charge on any atom is -1.00 e. The van der Waals surface area contributed by atoms with E-state index < -0.39 is 0 Å². The predicted octanol–water partition coefficient (Wildman–Crippen LogP) is 8.53. The van der Waals surface area contributed by atoms with Crippen LogP contribution in [0.25, 0.3) is 0 Å². The van der Waals surface area contributed by atoms with Crippen LogP contribution in [-0.4, -0.2) is 54.1 Å². The number of halogens is 1. The molecule has 0 aromatic heterocycles. The molecule has 0 aromatic rings. The Bertz CT molecular complexity index is 459. The van der Waals surface area contributed by atoms with Gasteiger partial charge in [-0.15, -0.1) is 0 Å². The SMILES string of the molecule is CCCCCCCCCCCCCCCCC(O)C[N+](C)(C)CC(O)CCCCCCCCCCCCCCCC.[Cl-]. The molecular formula is C38H80ClNO2. The summed E-state index contributed by atoms with van der Waals surface area (Å²) in [6.07, 6.45) is 39.8. The van der Waals surface area contributed by atoms with Gasteiger partial charge in [-0.2, -0.15) is 0 Å². The Morgan fingerprint density at radius 1 is 0.357 bits per heavy atom. The summed E-state index contributed by atoms with van der Waals surface area (Å²) >= 11 is 0. The van der Waals surface area contributed by atoms with Crippen molar-refractivity contribution in [1.29, 1.82) is 0 Å². The van der Waals surface area contributed by atoms with Gasteiger partial charge < -0.3 is 27.1 Å². The van der Waals surface area contributed by atoms with Crippen LogP contribution in [0, 0.1) is 0 Å². The summed E-state index contributed by atoms with van der Waals surface area (Å²) in [5, 5.41) is 21.2. The number of unbranched alkanes of at least 4 members (excludes halogenated alkanes) is 26. The fraction of sp³-hybridized carbons (Fsp3) is 1.00. The Morgan fingerprint density at radius 2 is 0.548 bits per heavy atom. The van der Waals surface area contributed by atoms with E-state index in [2.05, 4.69) is 27.9 Å². The summed E-state index contributed by atoms with van der Waals surface area (Å²) in [4.78, 5) is 0. The molecule has 0 fully saturated rings. The van der Waals surface area contributed by atoms with Crippen LogP contribution in [0.15, 0.2) is 0 Å². The largest absolute Gasteiger partial charge is 1.00 e. The van der Waals surface area contributed by atoms with Crippen molar-refractivity contribution < 1.29 is 27.1 Å². The maximum absolute atomic E-state index is 10.6. The first-order valence-corrected chi connectivity index (χ1v) is 19.1. The van der Waals surface area contributed by atoms with Crippen LogP contribution in [0.3, 0.4) is 0 Å². The van der Waals surface area contributed by atoms with E-state index in [0.29, 0.717) is 0 Å². The predicted molar refractivity (Wildman–Crippen MR) is 184 cm³/mol. The molecule has 2 N–H and O–H groups in total. The van der Waals surface area contributed by atoms with Crippen LogP contribution >= 0.6 is 0 Å². The van der Waals surface area contributed by atoms with E-state index in [1.54, 1.807) is 0 Å². The number of hydrogen-bond donors (Lipinski definition) is 2. The quantitative estimate of drug-likeness (QED) is 0.0561. The van der Waals surface area contributed by atoms with Crippen molar-refractivity contribution in [3.63, 3.8) is 0 Å². The topological polar surface area (TPSA) is 40.5 Å². The minimum absolute atomic E-state index is 0. The van der Waals surface area contributed by atoms with Gasteiger partial charge in [0.15, 0.2) is 0 Å². The highest BCUT2D eigenvalue weighted by molar-refractivity contribution is 4.60. The first kappa shape index (κ1) is 44.3. The molecule has 4 heteroatoms. The zero-order chi connectivity index (χ0) is 30.3. The van der Waals surface area contributed by atoms with Gasteiger partial charge in [0.1, 0.15) is 25.3 Å². The maximum Gasteiger partial charge on any atom is 0.105 e. The highest BCUT2D eigenvalue weighted by atomic mass is 35.5. The van der Waals surface area contributed by atoms with E-state index in [4.69, 9.17) is 0 Å². The molecule has 0 aliphatic carbocycles. The normalized spacial score (nSPS) is 13.3. The molecule has 256 valence electrons. The number of hydrogen-bond acceptors (Lipinski definition) is 2. The molecular weight excluding hydrogens is 538 g/mol. The smallest absolute Gasteiger partial charge is 0.105 e. The molecule has 0 amide bonds. The lowest BCUT2D eigenvalue weighted by Crippen LogP contribution is -3.00. The molecule has 0 bridgehead atoms. The molecule has 2 atom stereocenters. The van der Waals surface area contributed by atoms with Crippen molar-refractivity contribution >= 4 is 0 Å². The lowest BCUT2D eigenvalue weighted by molar-refractivity contribution is -0.896. The molecule has 42 heavy (non-hydrogen) atoms. The summed E-state index contributed by atoms with van der Waals surface area (Å²) in [7, 11) is 4.34. The van der Waals surface area contributed by atoms with Crippen LogP contribution in [-0.2, 0) is 0 Å². The highest BCUT2D eigenvalue weighted by Gasteiger charge is 2.23. The number of aliphatic hydroxyl groups excluding tert-OH is 2. The van der Waals surface area contributed by atoms with Gasteiger partial charge in [-0.05, 0) is 12.8 Å². The second-order valence-electron chi connectivity index (χ2n) is 14.4. The standard InChI is InChI=1S/C38H80NO2.ClH/c1-5-7-9-11-13-15-17-19-21-23-25-27-29-31-33-37(40)35-39(3,4)36-38(41)34-32-30-28-26-24-22-20-18-16-14-12-10-8-6-2;/h37-38,40-41H,5-36H2,1-4H3;1H/q+1;/p-1. The number of nitrogens with zero attached hydrogens (tertiary/aromatic N) is 1. The van der Waals surface area contributed by atoms with Crippen LogP contribution < -0.4 is 12.4 Å². The Labute approximate surface area is 272 Å². The number of aliphatic hydroxyl groups is 2. The van der Waals surface area contributed by atoms with Crippen LogP contribution in [0.2, 0.25) is 0 Å². The molecule has 0 rings (SSSR count). The first-order chi connectivity index (χ1) is 19.9. The molecule has 0 aromatic carbocycles. The number of rotatable bonds is 34. The summed E-state index contributed by atoms with van der Waals surface area (Å²) in [6, 6.07) is 0. The molecule has 0 radical (unpaired) electrons. The van der Waals surface area contributed by atoms with E-state index in [1.807, 2.05) is 0 Å². The van der Waals surface area contributed by atoms with Crippen molar-refractivity contribution in [3.8, 4) is 0 Å². The molecule has 0 aliphatic rings. The molecule has 0 heterocycles. The van der Waals surface area contributed by atoms with E-state index in [-0.39, 0.29) is 24.6 Å². The van der Waals surface area contributed by atoms with E-state index in [1.165, 1.54) is 167 Å². The first-order valence-electron chi connectivity index (χ1n) is 19.1. The minimum atomic E-state index is -0.240. The average molecular weight is 619 g/mol. The van der Waals surface area contributed by atoms with Gasteiger partial charge in [-0.25, -0.2) is 0 Å². The molecule has 0 aliphatic heterocycles. The Hall–Kier alpha value is 0.170. The van der Waals surface area contributed by atoms with E-state index >= 15 is 0 Å². The third-order valence-corrected chi connectivity index (χ3v) is 9.19. The number of likely N-dealkylation sites (N-methyl/N-ethyl adjacent to an activating group) is 1. The zero-order valence-electron chi connectivity index (χ0n) is 29.5. The Morgan fingerprint density at radius 3 is 0.762 bits per heavy atom. The summed E-state index contributed by atoms with van der Waals surface area (Å²) < 4.78 is 0.722. The lowest BCUT2D eigenvalue weighted by atomic mass is 10.0. The van der Waals surface area contributed by atoms with Crippen molar-refractivity contribution in [2.45, 2.75) is 219 Å². The number of quaternary nitrogens is 1. The Balaban J connectivity index is 0. The van der Waals surface area contributed by atoms with Crippen LogP contribution in [0.5, 0.6) is 0 Å². The van der Waals surface area contributed by atoms with Crippen molar-refractivity contribution in [3.05, 3.63) is 0 Å². The van der Waals surface area contributed by atoms with Crippen molar-refractivity contribution in [2.24, 2.45) is 0 Å². The molecule has 0 saturated heterocycles. The van der Waals surface area contributed by atoms with Crippen LogP contribution in [0.1, 0.15) is 206 Å². The fourth-order valence-corrected chi connectivity index (χ4v) is 6.55.